The first-order valence-electron chi connectivity index (χ1n) is 7.23. The van der Waals surface area contributed by atoms with Gasteiger partial charge in [0, 0.05) is 18.9 Å². The summed E-state index contributed by atoms with van der Waals surface area (Å²) < 4.78 is 13.9. The van der Waals surface area contributed by atoms with Crippen molar-refractivity contribution in [2.45, 2.75) is 25.3 Å². The van der Waals surface area contributed by atoms with Crippen LogP contribution in [-0.2, 0) is 0 Å². The van der Waals surface area contributed by atoms with Crippen molar-refractivity contribution in [3.63, 3.8) is 0 Å². The molecule has 0 spiro atoms. The van der Waals surface area contributed by atoms with Crippen molar-refractivity contribution in [3.8, 4) is 0 Å². The lowest BCUT2D eigenvalue weighted by Gasteiger charge is -2.36. The maximum absolute atomic E-state index is 13.9. The molecule has 108 valence electrons. The van der Waals surface area contributed by atoms with Crippen LogP contribution < -0.4 is 0 Å². The van der Waals surface area contributed by atoms with E-state index in [0.717, 1.165) is 24.8 Å². The number of aromatic nitrogens is 1. The largest absolute Gasteiger partial charge is 0.331 e. The number of benzene rings is 1. The third-order valence-corrected chi connectivity index (χ3v) is 3.94. The highest BCUT2D eigenvalue weighted by atomic mass is 19.1. The molecule has 21 heavy (non-hydrogen) atoms. The summed E-state index contributed by atoms with van der Waals surface area (Å²) in [5.41, 5.74) is 1.16. The molecule has 1 aromatic carbocycles. The molecule has 0 radical (unpaired) electrons. The first-order chi connectivity index (χ1) is 10.3. The van der Waals surface area contributed by atoms with Crippen LogP contribution in [0.4, 0.5) is 4.39 Å². The molecule has 0 saturated carbocycles. The highest BCUT2D eigenvalue weighted by Gasteiger charge is 2.29. The van der Waals surface area contributed by atoms with E-state index in [4.69, 9.17) is 0 Å². The van der Waals surface area contributed by atoms with Gasteiger partial charge in [-0.2, -0.15) is 0 Å². The van der Waals surface area contributed by atoms with Gasteiger partial charge in [0.25, 0.3) is 5.91 Å². The second-order valence-corrected chi connectivity index (χ2v) is 5.28. The zero-order valence-electron chi connectivity index (χ0n) is 11.7. The number of likely N-dealkylation sites (tertiary alicyclic amines) is 1. The molecule has 3 rings (SSSR count). The number of rotatable bonds is 2. The Hall–Kier alpha value is -2.23. The Bertz CT molecular complexity index is 630. The van der Waals surface area contributed by atoms with Crippen LogP contribution in [0.1, 0.15) is 41.2 Å². The topological polar surface area (TPSA) is 33.2 Å². The van der Waals surface area contributed by atoms with E-state index >= 15 is 0 Å². The highest BCUT2D eigenvalue weighted by Crippen LogP contribution is 2.31. The standard InChI is InChI=1S/C17H17FN2O/c18-15-8-2-1-7-14(15)17(21)20-11-4-3-9-16(20)13-6-5-10-19-12-13/h1-2,5-8,10,12,16H,3-4,9,11H2. The van der Waals surface area contributed by atoms with Gasteiger partial charge in [-0.1, -0.05) is 18.2 Å². The molecule has 0 aliphatic carbocycles. The lowest BCUT2D eigenvalue weighted by Crippen LogP contribution is -2.38. The molecule has 1 fully saturated rings. The van der Waals surface area contributed by atoms with Crippen molar-refractivity contribution in [2.75, 3.05) is 6.54 Å². The molecule has 1 amide bonds. The molecule has 1 unspecified atom stereocenters. The molecule has 2 heterocycles. The SMILES string of the molecule is O=C(c1ccccc1F)N1CCCCC1c1cccnc1. The number of nitrogens with zero attached hydrogens (tertiary/aromatic N) is 2. The average Bonchev–Trinajstić information content (AvgIpc) is 2.55. The fourth-order valence-corrected chi connectivity index (χ4v) is 2.88. The summed E-state index contributed by atoms with van der Waals surface area (Å²) in [6, 6.07) is 10.0. The Morgan fingerprint density at radius 1 is 1.19 bits per heavy atom. The normalized spacial score (nSPS) is 18.5. The molecular weight excluding hydrogens is 267 g/mol. The number of carbonyl (C=O) groups excluding carboxylic acids is 1. The smallest absolute Gasteiger partial charge is 0.257 e. The van der Waals surface area contributed by atoms with Crippen molar-refractivity contribution in [3.05, 3.63) is 65.7 Å². The third kappa shape index (κ3) is 2.79. The molecule has 4 heteroatoms. The Kier molecular flexibility index (Phi) is 3.95. The number of amides is 1. The molecule has 0 N–H and O–H groups in total. The Labute approximate surface area is 123 Å². The van der Waals surface area contributed by atoms with Crippen LogP contribution in [0.2, 0.25) is 0 Å². The molecule has 1 atom stereocenters. The number of hydrogen-bond acceptors (Lipinski definition) is 2. The maximum Gasteiger partial charge on any atom is 0.257 e. The second-order valence-electron chi connectivity index (χ2n) is 5.28. The summed E-state index contributed by atoms with van der Waals surface area (Å²) in [5, 5.41) is 0. The summed E-state index contributed by atoms with van der Waals surface area (Å²) >= 11 is 0. The number of piperidine rings is 1. The number of pyridine rings is 1. The first kappa shape index (κ1) is 13.7. The van der Waals surface area contributed by atoms with Crippen molar-refractivity contribution in [2.24, 2.45) is 0 Å². The zero-order chi connectivity index (χ0) is 14.7. The van der Waals surface area contributed by atoms with Gasteiger partial charge >= 0.3 is 0 Å². The van der Waals surface area contributed by atoms with Gasteiger partial charge in [-0.15, -0.1) is 0 Å². The quantitative estimate of drug-likeness (QED) is 0.844. The van der Waals surface area contributed by atoms with Crippen molar-refractivity contribution < 1.29 is 9.18 Å². The van der Waals surface area contributed by atoms with Gasteiger partial charge in [0.15, 0.2) is 0 Å². The van der Waals surface area contributed by atoms with Crippen molar-refractivity contribution in [1.82, 2.24) is 9.88 Å². The summed E-state index contributed by atoms with van der Waals surface area (Å²) in [6.07, 6.45) is 6.43. The summed E-state index contributed by atoms with van der Waals surface area (Å²) in [5.74, 6) is -0.695. The molecular formula is C17H17FN2O. The van der Waals surface area contributed by atoms with Crippen LogP contribution in [0.3, 0.4) is 0 Å². The van der Waals surface area contributed by atoms with Crippen LogP contribution in [0, 0.1) is 5.82 Å². The first-order valence-corrected chi connectivity index (χ1v) is 7.23. The Morgan fingerprint density at radius 3 is 2.81 bits per heavy atom. The van der Waals surface area contributed by atoms with E-state index in [1.165, 1.54) is 6.07 Å². The van der Waals surface area contributed by atoms with E-state index in [-0.39, 0.29) is 17.5 Å². The molecule has 3 nitrogen and oxygen atoms in total. The van der Waals surface area contributed by atoms with Gasteiger partial charge < -0.3 is 4.90 Å². The maximum atomic E-state index is 13.9. The third-order valence-electron chi connectivity index (χ3n) is 3.94. The summed E-state index contributed by atoms with van der Waals surface area (Å²) in [6.45, 7) is 0.659. The van der Waals surface area contributed by atoms with E-state index in [0.29, 0.717) is 6.54 Å². The molecule has 1 aliphatic heterocycles. The van der Waals surface area contributed by atoms with E-state index in [9.17, 15) is 9.18 Å². The summed E-state index contributed by atoms with van der Waals surface area (Å²) in [4.78, 5) is 18.6. The Morgan fingerprint density at radius 2 is 2.05 bits per heavy atom. The second kappa shape index (κ2) is 6.04. The van der Waals surface area contributed by atoms with Gasteiger partial charge in [0.2, 0.25) is 0 Å². The molecule has 1 aliphatic rings. The van der Waals surface area contributed by atoms with Crippen LogP contribution in [0.5, 0.6) is 0 Å². The van der Waals surface area contributed by atoms with E-state index in [1.54, 1.807) is 35.5 Å². The molecule has 1 saturated heterocycles. The van der Waals surface area contributed by atoms with Crippen LogP contribution in [0.25, 0.3) is 0 Å². The van der Waals surface area contributed by atoms with Crippen LogP contribution in [-0.4, -0.2) is 22.3 Å². The van der Waals surface area contributed by atoms with Crippen molar-refractivity contribution >= 4 is 5.91 Å². The van der Waals surface area contributed by atoms with E-state index in [1.807, 2.05) is 12.1 Å². The van der Waals surface area contributed by atoms with Gasteiger partial charge in [0.05, 0.1) is 11.6 Å². The zero-order valence-corrected chi connectivity index (χ0v) is 11.7. The average molecular weight is 284 g/mol. The van der Waals surface area contributed by atoms with Gasteiger partial charge in [-0.05, 0) is 43.0 Å². The predicted molar refractivity (Wildman–Crippen MR) is 78.3 cm³/mol. The minimum absolute atomic E-state index is 0.0143. The van der Waals surface area contributed by atoms with Gasteiger partial charge in [-0.25, -0.2) is 4.39 Å². The lowest BCUT2D eigenvalue weighted by atomic mass is 9.95. The fourth-order valence-electron chi connectivity index (χ4n) is 2.88. The lowest BCUT2D eigenvalue weighted by molar-refractivity contribution is 0.0606. The predicted octanol–water partition coefficient (Wildman–Crippen LogP) is 3.59. The van der Waals surface area contributed by atoms with Crippen LogP contribution in [0.15, 0.2) is 48.8 Å². The molecule has 0 bridgehead atoms. The highest BCUT2D eigenvalue weighted by molar-refractivity contribution is 5.94. The fraction of sp³-hybridized carbons (Fsp3) is 0.294. The van der Waals surface area contributed by atoms with Crippen molar-refractivity contribution in [1.29, 1.82) is 0 Å². The molecule has 2 aromatic rings. The van der Waals surface area contributed by atoms with Gasteiger partial charge in [0.1, 0.15) is 5.82 Å². The minimum atomic E-state index is -0.460. The Balaban J connectivity index is 1.91. The minimum Gasteiger partial charge on any atom is -0.331 e. The number of carbonyl (C=O) groups is 1. The molecule has 1 aromatic heterocycles. The van der Waals surface area contributed by atoms with Crippen LogP contribution >= 0.6 is 0 Å². The van der Waals surface area contributed by atoms with E-state index in [2.05, 4.69) is 4.98 Å². The van der Waals surface area contributed by atoms with E-state index < -0.39 is 5.82 Å². The summed E-state index contributed by atoms with van der Waals surface area (Å²) in [7, 11) is 0. The monoisotopic (exact) mass is 284 g/mol. The number of hydrogen-bond donors (Lipinski definition) is 0. The van der Waals surface area contributed by atoms with Gasteiger partial charge in [-0.3, -0.25) is 9.78 Å². The number of halogens is 1.